The smallest absolute Gasteiger partial charge is 0.303 e. The first-order valence-corrected chi connectivity index (χ1v) is 32.1. The topological polar surface area (TPSA) is 583 Å². The van der Waals surface area contributed by atoms with Crippen molar-refractivity contribution >= 4 is 100.0 Å². The Labute approximate surface area is 554 Å². The van der Waals surface area contributed by atoms with E-state index < -0.39 is 200 Å². The quantitative estimate of drug-likeness (QED) is 0.0167. The van der Waals surface area contributed by atoms with Crippen molar-refractivity contribution in [3.05, 3.63) is 36.0 Å². The van der Waals surface area contributed by atoms with Crippen molar-refractivity contribution in [2.75, 3.05) is 26.2 Å². The van der Waals surface area contributed by atoms with Gasteiger partial charge in [-0.1, -0.05) is 52.3 Å². The second kappa shape index (κ2) is 39.0. The normalized spacial score (nSPS) is 17.6. The van der Waals surface area contributed by atoms with Gasteiger partial charge in [0, 0.05) is 55.9 Å². The molecule has 13 amide bonds. The first-order chi connectivity index (χ1) is 45.4. The third-order valence-electron chi connectivity index (χ3n) is 16.5. The number of hydrogen-bond acceptors (Lipinski definition) is 20. The van der Waals surface area contributed by atoms with Gasteiger partial charge >= 0.3 is 5.97 Å². The van der Waals surface area contributed by atoms with Crippen LogP contribution < -0.4 is 82.3 Å². The molecule has 35 heteroatoms. The zero-order valence-electron chi connectivity index (χ0n) is 54.6. The molecule has 1 aromatic heterocycles. The minimum atomic E-state index is -1.77. The molecule has 35 nitrogen and oxygen atoms in total. The lowest BCUT2D eigenvalue weighted by molar-refractivity contribution is -0.144. The summed E-state index contributed by atoms with van der Waals surface area (Å²) in [7, 11) is 0. The minimum Gasteiger partial charge on any atom is -0.481 e. The summed E-state index contributed by atoms with van der Waals surface area (Å²) >= 11 is 0. The van der Waals surface area contributed by atoms with Crippen molar-refractivity contribution in [2.45, 2.75) is 203 Å². The molecule has 4 rings (SSSR count). The van der Waals surface area contributed by atoms with Crippen LogP contribution in [0.2, 0.25) is 0 Å². The average molecular weight is 1350 g/mol. The Hall–Kier alpha value is -9.19. The van der Waals surface area contributed by atoms with Gasteiger partial charge in [-0.3, -0.25) is 72.4 Å². The van der Waals surface area contributed by atoms with E-state index in [2.05, 4.69) is 52.8 Å². The highest BCUT2D eigenvalue weighted by Crippen LogP contribution is 2.25. The molecule has 2 aliphatic rings. The van der Waals surface area contributed by atoms with Crippen LogP contribution in [0, 0.1) is 11.8 Å². The summed E-state index contributed by atoms with van der Waals surface area (Å²) < 4.78 is 0. The van der Waals surface area contributed by atoms with Crippen LogP contribution in [0.15, 0.2) is 30.5 Å². The number of hydrogen-bond donors (Lipinski definition) is 18. The highest BCUT2D eigenvalue weighted by molar-refractivity contribution is 6.00. The van der Waals surface area contributed by atoms with Crippen LogP contribution in [0.1, 0.15) is 130 Å². The molecule has 532 valence electrons. The number of likely N-dealkylation sites (tertiary alicyclic amines) is 2. The number of aromatic amines is 1. The summed E-state index contributed by atoms with van der Waals surface area (Å²) in [6, 6.07) is -8.78. The number of nitrogens with zero attached hydrogens (tertiary/aromatic N) is 2. The number of aliphatic carboxylic acids is 1. The Morgan fingerprint density at radius 2 is 1.14 bits per heavy atom. The molecule has 3 heterocycles. The third-order valence-corrected chi connectivity index (χ3v) is 16.5. The molecule has 2 saturated heterocycles. The molecule has 24 N–H and O–H groups in total. The zero-order valence-corrected chi connectivity index (χ0v) is 54.6. The van der Waals surface area contributed by atoms with Crippen LogP contribution in [-0.2, 0) is 78.3 Å². The molecule has 2 aliphatic heterocycles. The summed E-state index contributed by atoms with van der Waals surface area (Å²) in [5.74, 6) is -14.0. The molecule has 0 spiro atoms. The molecule has 0 bridgehead atoms. The highest BCUT2D eigenvalue weighted by atomic mass is 16.4. The first kappa shape index (κ1) is 79.2. The summed E-state index contributed by atoms with van der Waals surface area (Å²) in [5, 5.41) is 42.9. The van der Waals surface area contributed by atoms with Gasteiger partial charge in [0.15, 0.2) is 0 Å². The maximum absolute atomic E-state index is 14.9. The van der Waals surface area contributed by atoms with Gasteiger partial charge in [0.1, 0.15) is 73.0 Å². The molecule has 0 saturated carbocycles. The number of aliphatic hydroxyl groups excluding tert-OH is 1. The van der Waals surface area contributed by atoms with Crippen LogP contribution in [0.25, 0.3) is 10.9 Å². The largest absolute Gasteiger partial charge is 0.481 e. The molecule has 0 aliphatic carbocycles. The number of fused-ring (bicyclic) bond motifs is 1. The molecule has 0 unspecified atom stereocenters. The van der Waals surface area contributed by atoms with Crippen LogP contribution >= 0.6 is 0 Å². The zero-order chi connectivity index (χ0) is 71.5. The lowest BCUT2D eigenvalue weighted by Gasteiger charge is -2.32. The van der Waals surface area contributed by atoms with Crippen molar-refractivity contribution in [3.63, 3.8) is 0 Å². The van der Waals surface area contributed by atoms with E-state index in [0.717, 1.165) is 0 Å². The van der Waals surface area contributed by atoms with Crippen LogP contribution in [-0.4, -0.2) is 213 Å². The molecule has 2 fully saturated rings. The van der Waals surface area contributed by atoms with E-state index in [0.29, 0.717) is 29.2 Å². The Kier molecular flexibility index (Phi) is 32.2. The SMILES string of the molecule is CC[C@H](C)[C@H](NC(=O)[C@H](Cc1c[nH]c2ccccc12)NC(=O)[C@H](CCC(=O)O)NC(=O)[C@H](CC(N)=O)NC(=O)[C@@H](N)CO)C(=O)N[C@@H](CCC(N)=O)C(=O)N1CCC[C@H]1C(=O)N[C@@H](CCCNC(N)N)C(=O)N[C@@H](CC(C)C)C(=O)N1CCC[C@H]1C(=O)N[C@H](C=O)CCC(N)=O. The van der Waals surface area contributed by atoms with Crippen LogP contribution in [0.3, 0.4) is 0 Å². The van der Waals surface area contributed by atoms with Crippen molar-refractivity contribution in [1.82, 2.24) is 62.6 Å². The average Bonchev–Trinajstić information content (AvgIpc) is 1.47. The number of para-hydroxylation sites is 1. The Balaban J connectivity index is 1.64. The number of carboxylic acid groups (broad SMARTS) is 1. The van der Waals surface area contributed by atoms with E-state index in [1.54, 1.807) is 44.3 Å². The molecule has 2 aromatic rings. The third kappa shape index (κ3) is 24.9. The number of benzene rings is 1. The first-order valence-electron chi connectivity index (χ1n) is 32.1. The van der Waals surface area contributed by atoms with Crippen molar-refractivity contribution in [3.8, 4) is 0 Å². The number of primary amides is 3. The summed E-state index contributed by atoms with van der Waals surface area (Å²) in [6.07, 6.45) is -1.01. The molecule has 96 heavy (non-hydrogen) atoms. The predicted octanol–water partition coefficient (Wildman–Crippen LogP) is -5.98. The Morgan fingerprint density at radius 1 is 0.615 bits per heavy atom. The number of rotatable bonds is 42. The number of aromatic nitrogens is 1. The van der Waals surface area contributed by atoms with E-state index in [-0.39, 0.29) is 89.8 Å². The summed E-state index contributed by atoms with van der Waals surface area (Å²) in [6.45, 7) is 6.32. The number of carbonyl (C=O) groups excluding carboxylic acids is 14. The number of nitrogens with one attached hydrogen (secondary N) is 10. The van der Waals surface area contributed by atoms with E-state index in [1.165, 1.54) is 9.80 Å². The number of amides is 13. The van der Waals surface area contributed by atoms with Gasteiger partial charge in [0.25, 0.3) is 0 Å². The maximum atomic E-state index is 14.9. The van der Waals surface area contributed by atoms with E-state index >= 15 is 0 Å². The van der Waals surface area contributed by atoms with E-state index in [1.807, 2.05) is 13.8 Å². The number of carboxylic acids is 1. The molecule has 0 radical (unpaired) electrons. The fourth-order valence-electron chi connectivity index (χ4n) is 11.2. The maximum Gasteiger partial charge on any atom is 0.303 e. The van der Waals surface area contributed by atoms with E-state index in [4.69, 9.17) is 34.4 Å². The van der Waals surface area contributed by atoms with Gasteiger partial charge < -0.3 is 107 Å². The summed E-state index contributed by atoms with van der Waals surface area (Å²) in [5.41, 5.74) is 34.3. The number of carbonyl (C=O) groups is 15. The molecular formula is C61H96N18O17. The summed E-state index contributed by atoms with van der Waals surface area (Å²) in [4.78, 5) is 207. The second-order valence-electron chi connectivity index (χ2n) is 24.6. The fraction of sp³-hybridized carbons (Fsp3) is 0.623. The van der Waals surface area contributed by atoms with Crippen molar-refractivity contribution < 1.29 is 82.1 Å². The minimum absolute atomic E-state index is 0.0454. The van der Waals surface area contributed by atoms with Gasteiger partial charge in [-0.05, 0) is 94.2 Å². The van der Waals surface area contributed by atoms with Crippen molar-refractivity contribution in [1.29, 1.82) is 0 Å². The lowest BCUT2D eigenvalue weighted by atomic mass is 9.96. The number of aldehydes is 1. The van der Waals surface area contributed by atoms with Gasteiger partial charge in [-0.25, -0.2) is 0 Å². The fourth-order valence-corrected chi connectivity index (χ4v) is 11.2. The van der Waals surface area contributed by atoms with Crippen molar-refractivity contribution in [2.24, 2.45) is 46.2 Å². The second-order valence-corrected chi connectivity index (χ2v) is 24.6. The number of aliphatic hydroxyl groups is 1. The van der Waals surface area contributed by atoms with Gasteiger partial charge in [0.05, 0.1) is 19.1 Å². The number of H-pyrrole nitrogens is 1. The molecular weight excluding hydrogens is 1260 g/mol. The van der Waals surface area contributed by atoms with E-state index in [9.17, 15) is 82.1 Å². The van der Waals surface area contributed by atoms with Gasteiger partial charge in [-0.2, -0.15) is 0 Å². The lowest BCUT2D eigenvalue weighted by Crippen LogP contribution is -2.61. The van der Waals surface area contributed by atoms with Gasteiger partial charge in [0.2, 0.25) is 76.8 Å². The Bertz CT molecular complexity index is 3090. The number of nitrogens with two attached hydrogens (primary N) is 6. The molecule has 12 atom stereocenters. The standard InChI is InChI=1S/C61H96N18O17/c1-5-32(4)50(77-55(91)41(26-33-28-69-37-12-7-6-11-35(33)37)75-53(89)39(18-21-49(85)86)71-54(90)42(27-48(65)84)74-51(87)36(62)30-81)58(94)73-40(17-20-47(64)83)59(95)78-23-10-15-45(78)57(93)72-38(13-8-22-68-61(66)67)52(88)76-43(25-31(2)3)60(96)79-24-9-14-44(79)56(92)70-34(29-80)16-19-46(63)82/h6-7,11-12,28-29,31-32,34,36,38-45,50,61,68-69,81H,5,8-10,13-27,30,62,66-67H2,1-4H3,(H2,63,82)(H2,64,83)(H2,65,84)(H,70,92)(H,71,90)(H,72,93)(H,73,94)(H,74,87)(H,75,89)(H,76,88)(H,77,91)(H,85,86)/t32-,34-,36-,38-,39-,40-,41-,42-,43-,44-,45-,50-/m0/s1. The Morgan fingerprint density at radius 3 is 1.70 bits per heavy atom. The van der Waals surface area contributed by atoms with Crippen LogP contribution in [0.5, 0.6) is 0 Å². The molecule has 1 aromatic carbocycles. The van der Waals surface area contributed by atoms with Gasteiger partial charge in [-0.15, -0.1) is 0 Å². The highest BCUT2D eigenvalue weighted by Gasteiger charge is 2.43. The monoisotopic (exact) mass is 1350 g/mol. The predicted molar refractivity (Wildman–Crippen MR) is 344 cm³/mol. The van der Waals surface area contributed by atoms with Crippen LogP contribution in [0.4, 0.5) is 0 Å².